The van der Waals surface area contributed by atoms with E-state index < -0.39 is 11.2 Å². The first-order valence-corrected chi connectivity index (χ1v) is 6.47. The molecule has 0 spiro atoms. The highest BCUT2D eigenvalue weighted by molar-refractivity contribution is 9.12. The number of Topliss-reactive ketones (excluding diaryl/α,β-unsaturated/α-hetero) is 1. The molecule has 1 aromatic rings. The molecule has 0 aliphatic heterocycles. The first kappa shape index (κ1) is 14.5. The normalized spacial score (nSPS) is 13.2. The van der Waals surface area contributed by atoms with Crippen molar-refractivity contribution in [3.63, 3.8) is 0 Å². The number of halogens is 5. The highest BCUT2D eigenvalue weighted by Crippen LogP contribution is 2.23. The first-order chi connectivity index (χ1) is 7.83. The van der Waals surface area contributed by atoms with Gasteiger partial charge in [-0.3, -0.25) is 4.79 Å². The summed E-state index contributed by atoms with van der Waals surface area (Å²) in [6, 6.07) is 4.80. The quantitative estimate of drug-likeness (QED) is 0.588. The lowest BCUT2D eigenvalue weighted by Gasteiger charge is -2.09. The number of carbonyl (C=O) groups is 1. The van der Waals surface area contributed by atoms with Crippen LogP contribution in [0.3, 0.4) is 0 Å². The molecule has 0 heterocycles. The zero-order valence-corrected chi connectivity index (χ0v) is 11.5. The van der Waals surface area contributed by atoms with E-state index in [2.05, 4.69) is 36.6 Å². The van der Waals surface area contributed by atoms with Gasteiger partial charge >= 0.3 is 6.36 Å². The van der Waals surface area contributed by atoms with Gasteiger partial charge in [-0.05, 0) is 24.3 Å². The highest BCUT2D eigenvalue weighted by atomic mass is 79.9. The number of alkyl halides is 5. The molecular weight excluding hydrogens is 369 g/mol. The lowest BCUT2D eigenvalue weighted by Crippen LogP contribution is -2.18. The third-order valence-corrected chi connectivity index (χ3v) is 4.05. The van der Waals surface area contributed by atoms with Crippen LogP contribution < -0.4 is 4.74 Å². The van der Waals surface area contributed by atoms with Gasteiger partial charge in [-0.15, -0.1) is 13.2 Å². The third-order valence-electron chi connectivity index (χ3n) is 1.79. The van der Waals surface area contributed by atoms with Crippen LogP contribution in [0.25, 0.3) is 0 Å². The molecular formula is C10H7Br2F3O2. The van der Waals surface area contributed by atoms with E-state index in [0.29, 0.717) is 10.9 Å². The number of rotatable bonds is 4. The molecule has 0 aliphatic rings. The fourth-order valence-electron chi connectivity index (χ4n) is 1.07. The minimum atomic E-state index is -4.72. The molecule has 0 saturated carbocycles. The Bertz CT molecular complexity index is 390. The Balaban J connectivity index is 2.78. The SMILES string of the molecule is O=C(c1ccc(OC(F)(F)F)cc1)C(Br)CBr. The molecule has 1 unspecified atom stereocenters. The van der Waals surface area contributed by atoms with Gasteiger partial charge < -0.3 is 4.74 Å². The standard InChI is InChI=1S/C10H7Br2F3O2/c11-5-8(12)9(16)6-1-3-7(4-2-6)17-10(13,14)15/h1-4,8H,5H2. The molecule has 0 N–H and O–H groups in total. The van der Waals surface area contributed by atoms with Gasteiger partial charge in [-0.2, -0.15) is 0 Å². The Morgan fingerprint density at radius 2 is 1.82 bits per heavy atom. The van der Waals surface area contributed by atoms with Crippen molar-refractivity contribution in [2.75, 3.05) is 5.33 Å². The third kappa shape index (κ3) is 4.67. The topological polar surface area (TPSA) is 26.3 Å². The number of hydrogen-bond acceptors (Lipinski definition) is 2. The lowest BCUT2D eigenvalue weighted by atomic mass is 10.1. The Labute approximate surface area is 112 Å². The summed E-state index contributed by atoms with van der Waals surface area (Å²) in [4.78, 5) is 11.2. The van der Waals surface area contributed by atoms with Gasteiger partial charge in [0, 0.05) is 10.9 Å². The maximum Gasteiger partial charge on any atom is 0.573 e. The Morgan fingerprint density at radius 3 is 2.24 bits per heavy atom. The fourth-order valence-corrected chi connectivity index (χ4v) is 1.63. The Hall–Kier alpha value is -0.560. The predicted octanol–water partition coefficient (Wildman–Crippen LogP) is 3.93. The monoisotopic (exact) mass is 374 g/mol. The summed E-state index contributed by atoms with van der Waals surface area (Å²) in [7, 11) is 0. The van der Waals surface area contributed by atoms with Gasteiger partial charge in [0.25, 0.3) is 0 Å². The molecule has 0 bridgehead atoms. The predicted molar refractivity (Wildman–Crippen MR) is 64.0 cm³/mol. The van der Waals surface area contributed by atoms with E-state index in [0.717, 1.165) is 12.1 Å². The smallest absolute Gasteiger partial charge is 0.406 e. The van der Waals surface area contributed by atoms with Crippen LogP contribution in [0.15, 0.2) is 24.3 Å². The molecule has 17 heavy (non-hydrogen) atoms. The van der Waals surface area contributed by atoms with Crippen molar-refractivity contribution in [1.82, 2.24) is 0 Å². The summed E-state index contributed by atoms with van der Waals surface area (Å²) in [5.41, 5.74) is 0.320. The molecule has 0 fully saturated rings. The van der Waals surface area contributed by atoms with Crippen molar-refractivity contribution in [2.24, 2.45) is 0 Å². The largest absolute Gasteiger partial charge is 0.573 e. The van der Waals surface area contributed by atoms with Crippen LogP contribution in [-0.4, -0.2) is 22.3 Å². The lowest BCUT2D eigenvalue weighted by molar-refractivity contribution is -0.274. The van der Waals surface area contributed by atoms with Gasteiger partial charge in [0.1, 0.15) is 5.75 Å². The molecule has 0 amide bonds. The van der Waals surface area contributed by atoms with Crippen LogP contribution in [0.4, 0.5) is 13.2 Å². The second kappa shape index (κ2) is 5.86. The van der Waals surface area contributed by atoms with E-state index in [1.54, 1.807) is 0 Å². The summed E-state index contributed by atoms with van der Waals surface area (Å²) < 4.78 is 39.3. The average Bonchev–Trinajstić information content (AvgIpc) is 2.26. The molecule has 1 atom stereocenters. The molecule has 94 valence electrons. The maximum absolute atomic E-state index is 11.9. The van der Waals surface area contributed by atoms with Gasteiger partial charge in [0.15, 0.2) is 5.78 Å². The molecule has 7 heteroatoms. The molecule has 0 aliphatic carbocycles. The zero-order valence-electron chi connectivity index (χ0n) is 8.30. The van der Waals surface area contributed by atoms with Crippen molar-refractivity contribution < 1.29 is 22.7 Å². The van der Waals surface area contributed by atoms with E-state index in [1.807, 2.05) is 0 Å². The second-order valence-electron chi connectivity index (χ2n) is 3.06. The number of benzene rings is 1. The van der Waals surface area contributed by atoms with Crippen LogP contribution in [0.2, 0.25) is 0 Å². The van der Waals surface area contributed by atoms with Crippen molar-refractivity contribution in [3.05, 3.63) is 29.8 Å². The van der Waals surface area contributed by atoms with E-state index in [9.17, 15) is 18.0 Å². The molecule has 0 saturated heterocycles. The summed E-state index contributed by atoms with van der Waals surface area (Å²) in [5.74, 6) is -0.556. The Morgan fingerprint density at radius 1 is 1.29 bits per heavy atom. The number of hydrogen-bond donors (Lipinski definition) is 0. The second-order valence-corrected chi connectivity index (χ2v) is 4.81. The van der Waals surface area contributed by atoms with E-state index >= 15 is 0 Å². The van der Waals surface area contributed by atoms with Crippen LogP contribution in [0.5, 0.6) is 5.75 Å². The van der Waals surface area contributed by atoms with Crippen LogP contribution in [-0.2, 0) is 0 Å². The van der Waals surface area contributed by atoms with Crippen LogP contribution in [0, 0.1) is 0 Å². The molecule has 1 rings (SSSR count). The van der Waals surface area contributed by atoms with Crippen molar-refractivity contribution >= 4 is 37.6 Å². The van der Waals surface area contributed by atoms with Gasteiger partial charge in [0.05, 0.1) is 4.83 Å². The van der Waals surface area contributed by atoms with E-state index in [4.69, 9.17) is 0 Å². The van der Waals surface area contributed by atoms with Crippen LogP contribution >= 0.6 is 31.9 Å². The Kier molecular flexibility index (Phi) is 5.00. The molecule has 2 nitrogen and oxygen atoms in total. The molecule has 1 aromatic carbocycles. The summed E-state index contributed by atoms with van der Waals surface area (Å²) in [6.07, 6.45) is -4.72. The van der Waals surface area contributed by atoms with Gasteiger partial charge in [-0.25, -0.2) is 0 Å². The van der Waals surface area contributed by atoms with Crippen molar-refractivity contribution in [2.45, 2.75) is 11.2 Å². The molecule has 0 radical (unpaired) electrons. The van der Waals surface area contributed by atoms with Gasteiger partial charge in [-0.1, -0.05) is 31.9 Å². The minimum Gasteiger partial charge on any atom is -0.406 e. The highest BCUT2D eigenvalue weighted by Gasteiger charge is 2.31. The fraction of sp³-hybridized carbons (Fsp3) is 0.300. The van der Waals surface area contributed by atoms with Crippen molar-refractivity contribution in [1.29, 1.82) is 0 Å². The van der Waals surface area contributed by atoms with Crippen LogP contribution in [0.1, 0.15) is 10.4 Å². The number of ketones is 1. The van der Waals surface area contributed by atoms with Gasteiger partial charge in [0.2, 0.25) is 0 Å². The first-order valence-electron chi connectivity index (χ1n) is 4.43. The average molecular weight is 376 g/mol. The number of ether oxygens (including phenoxy) is 1. The van der Waals surface area contributed by atoms with E-state index in [-0.39, 0.29) is 11.5 Å². The number of carbonyl (C=O) groups excluding carboxylic acids is 1. The summed E-state index contributed by atoms with van der Waals surface area (Å²) in [5, 5.41) is 0.423. The zero-order chi connectivity index (χ0) is 13.1. The maximum atomic E-state index is 11.9. The molecule has 0 aromatic heterocycles. The van der Waals surface area contributed by atoms with Crippen molar-refractivity contribution in [3.8, 4) is 5.75 Å². The van der Waals surface area contributed by atoms with E-state index in [1.165, 1.54) is 12.1 Å². The summed E-state index contributed by atoms with van der Waals surface area (Å²) in [6.45, 7) is 0. The minimum absolute atomic E-state index is 0.208. The summed E-state index contributed by atoms with van der Waals surface area (Å²) >= 11 is 6.26.